The van der Waals surface area contributed by atoms with E-state index in [-0.39, 0.29) is 12.5 Å². The summed E-state index contributed by atoms with van der Waals surface area (Å²) in [5.41, 5.74) is 5.63. The average molecular weight is 315 g/mol. The molecule has 0 aliphatic carbocycles. The monoisotopic (exact) mass is 314 g/mol. The van der Waals surface area contributed by atoms with Crippen LogP contribution in [-0.4, -0.2) is 36.8 Å². The van der Waals surface area contributed by atoms with E-state index in [4.69, 9.17) is 22.1 Å². The molecular formula is C15H23ClN2O3. The molecule has 4 N–H and O–H groups in total. The minimum Gasteiger partial charge on any atom is -0.389 e. The Morgan fingerprint density at radius 2 is 2.05 bits per heavy atom. The lowest BCUT2D eigenvalue weighted by molar-refractivity contribution is -0.125. The van der Waals surface area contributed by atoms with Crippen molar-refractivity contribution in [1.29, 1.82) is 0 Å². The summed E-state index contributed by atoms with van der Waals surface area (Å²) < 4.78 is 5.43. The molecule has 0 aliphatic heterocycles. The number of carbonyl (C=O) groups is 1. The number of nitrogens with one attached hydrogen (secondary N) is 1. The lowest BCUT2D eigenvalue weighted by Gasteiger charge is -2.22. The number of halogens is 1. The van der Waals surface area contributed by atoms with Gasteiger partial charge in [-0.15, -0.1) is 0 Å². The highest BCUT2D eigenvalue weighted by molar-refractivity contribution is 6.30. The molecule has 0 heterocycles. The molecule has 0 saturated heterocycles. The smallest absolute Gasteiger partial charge is 0.224 e. The van der Waals surface area contributed by atoms with Crippen LogP contribution in [0, 0.1) is 5.41 Å². The number of aliphatic hydroxyl groups is 1. The molecule has 0 radical (unpaired) electrons. The largest absolute Gasteiger partial charge is 0.389 e. The van der Waals surface area contributed by atoms with E-state index in [2.05, 4.69) is 5.32 Å². The van der Waals surface area contributed by atoms with Crippen LogP contribution in [0.1, 0.15) is 19.4 Å². The third-order valence-electron chi connectivity index (χ3n) is 3.11. The van der Waals surface area contributed by atoms with Gasteiger partial charge in [-0.25, -0.2) is 0 Å². The second-order valence-corrected chi connectivity index (χ2v) is 6.11. The number of ether oxygens (including phenoxy) is 1. The molecular weight excluding hydrogens is 292 g/mol. The maximum atomic E-state index is 11.1. The van der Waals surface area contributed by atoms with Crippen LogP contribution in [0.15, 0.2) is 24.3 Å². The van der Waals surface area contributed by atoms with Crippen molar-refractivity contribution in [2.45, 2.75) is 26.6 Å². The van der Waals surface area contributed by atoms with E-state index in [1.807, 2.05) is 12.1 Å². The summed E-state index contributed by atoms with van der Waals surface area (Å²) in [4.78, 5) is 11.1. The third kappa shape index (κ3) is 6.91. The number of amides is 1. The van der Waals surface area contributed by atoms with Gasteiger partial charge in [-0.2, -0.15) is 0 Å². The third-order valence-corrected chi connectivity index (χ3v) is 3.36. The molecule has 1 unspecified atom stereocenters. The predicted molar refractivity (Wildman–Crippen MR) is 83.0 cm³/mol. The summed E-state index contributed by atoms with van der Waals surface area (Å²) in [7, 11) is 0. The van der Waals surface area contributed by atoms with Gasteiger partial charge in [0.25, 0.3) is 0 Å². The van der Waals surface area contributed by atoms with Gasteiger partial charge in [0.2, 0.25) is 5.91 Å². The maximum Gasteiger partial charge on any atom is 0.224 e. The Balaban J connectivity index is 2.18. The van der Waals surface area contributed by atoms with Crippen molar-refractivity contribution in [2.24, 2.45) is 11.1 Å². The number of rotatable bonds is 9. The molecule has 0 aliphatic rings. The van der Waals surface area contributed by atoms with Crippen LogP contribution in [0.3, 0.4) is 0 Å². The highest BCUT2D eigenvalue weighted by Crippen LogP contribution is 2.12. The SMILES string of the molecule is CC(C)(CNCC(O)COCc1ccc(Cl)cc1)C(N)=O. The molecule has 5 nitrogen and oxygen atoms in total. The normalized spacial score (nSPS) is 13.1. The van der Waals surface area contributed by atoms with Crippen LogP contribution in [0.4, 0.5) is 0 Å². The number of hydrogen-bond acceptors (Lipinski definition) is 4. The van der Waals surface area contributed by atoms with Crippen molar-refractivity contribution in [3.05, 3.63) is 34.9 Å². The topological polar surface area (TPSA) is 84.6 Å². The number of primary amides is 1. The fraction of sp³-hybridized carbons (Fsp3) is 0.533. The zero-order valence-corrected chi connectivity index (χ0v) is 13.2. The molecule has 0 spiro atoms. The minimum absolute atomic E-state index is 0.215. The van der Waals surface area contributed by atoms with Gasteiger partial charge < -0.3 is 20.9 Å². The van der Waals surface area contributed by atoms with E-state index in [0.717, 1.165) is 5.56 Å². The first-order valence-electron chi connectivity index (χ1n) is 6.82. The molecule has 1 atom stereocenters. The second kappa shape index (κ2) is 8.34. The maximum absolute atomic E-state index is 11.1. The molecule has 0 aromatic heterocycles. The van der Waals surface area contributed by atoms with Crippen molar-refractivity contribution in [1.82, 2.24) is 5.32 Å². The van der Waals surface area contributed by atoms with Gasteiger partial charge in [-0.3, -0.25) is 4.79 Å². The lowest BCUT2D eigenvalue weighted by Crippen LogP contribution is -2.43. The summed E-state index contributed by atoms with van der Waals surface area (Å²) in [6.07, 6.45) is -0.638. The van der Waals surface area contributed by atoms with Crippen LogP contribution >= 0.6 is 11.6 Å². The van der Waals surface area contributed by atoms with Crippen LogP contribution < -0.4 is 11.1 Å². The van der Waals surface area contributed by atoms with E-state index in [1.54, 1.807) is 26.0 Å². The van der Waals surface area contributed by atoms with Crippen molar-refractivity contribution in [2.75, 3.05) is 19.7 Å². The lowest BCUT2D eigenvalue weighted by atomic mass is 9.93. The number of benzene rings is 1. The summed E-state index contributed by atoms with van der Waals surface area (Å²) in [5, 5.41) is 13.5. The highest BCUT2D eigenvalue weighted by Gasteiger charge is 2.24. The Labute approximate surface area is 130 Å². The zero-order valence-electron chi connectivity index (χ0n) is 12.4. The second-order valence-electron chi connectivity index (χ2n) is 5.67. The van der Waals surface area contributed by atoms with Gasteiger partial charge in [0.05, 0.1) is 24.7 Å². The van der Waals surface area contributed by atoms with Crippen LogP contribution in [-0.2, 0) is 16.1 Å². The zero-order chi connectivity index (χ0) is 15.9. The fourth-order valence-corrected chi connectivity index (χ4v) is 1.72. The van der Waals surface area contributed by atoms with Gasteiger partial charge in [-0.05, 0) is 31.5 Å². The van der Waals surface area contributed by atoms with E-state index in [1.165, 1.54) is 0 Å². The first-order valence-corrected chi connectivity index (χ1v) is 7.20. The van der Waals surface area contributed by atoms with Gasteiger partial charge >= 0.3 is 0 Å². The van der Waals surface area contributed by atoms with Crippen molar-refractivity contribution in [3.63, 3.8) is 0 Å². The molecule has 1 amide bonds. The van der Waals surface area contributed by atoms with E-state index >= 15 is 0 Å². The summed E-state index contributed by atoms with van der Waals surface area (Å²) >= 11 is 5.79. The minimum atomic E-state index is -0.638. The Morgan fingerprint density at radius 1 is 1.43 bits per heavy atom. The molecule has 0 fully saturated rings. The molecule has 1 aromatic carbocycles. The Morgan fingerprint density at radius 3 is 2.62 bits per heavy atom. The fourth-order valence-electron chi connectivity index (χ4n) is 1.59. The summed E-state index contributed by atoms with van der Waals surface area (Å²) in [6, 6.07) is 7.35. The Hall–Kier alpha value is -1.14. The van der Waals surface area contributed by atoms with Gasteiger partial charge in [0.1, 0.15) is 0 Å². The molecule has 118 valence electrons. The van der Waals surface area contributed by atoms with Crippen LogP contribution in [0.5, 0.6) is 0 Å². The van der Waals surface area contributed by atoms with Crippen molar-refractivity contribution >= 4 is 17.5 Å². The number of nitrogens with two attached hydrogens (primary N) is 1. The van der Waals surface area contributed by atoms with Crippen LogP contribution in [0.25, 0.3) is 0 Å². The highest BCUT2D eigenvalue weighted by atomic mass is 35.5. The number of hydrogen-bond donors (Lipinski definition) is 3. The predicted octanol–water partition coefficient (Wildman–Crippen LogP) is 1.32. The van der Waals surface area contributed by atoms with E-state index < -0.39 is 11.5 Å². The first-order chi connectivity index (χ1) is 9.81. The number of carbonyl (C=O) groups excluding carboxylic acids is 1. The molecule has 1 rings (SSSR count). The van der Waals surface area contributed by atoms with Crippen LogP contribution in [0.2, 0.25) is 5.02 Å². The first kappa shape index (κ1) is 17.9. The molecule has 1 aromatic rings. The summed E-state index contributed by atoms with van der Waals surface area (Å²) in [6.45, 7) is 4.90. The van der Waals surface area contributed by atoms with E-state index in [9.17, 15) is 9.90 Å². The van der Waals surface area contributed by atoms with Crippen molar-refractivity contribution in [3.8, 4) is 0 Å². The summed E-state index contributed by atoms with van der Waals surface area (Å²) in [5.74, 6) is -0.372. The molecule has 0 bridgehead atoms. The van der Waals surface area contributed by atoms with Gasteiger partial charge in [-0.1, -0.05) is 23.7 Å². The quantitative estimate of drug-likeness (QED) is 0.642. The average Bonchev–Trinajstić information content (AvgIpc) is 2.40. The van der Waals surface area contributed by atoms with Crippen molar-refractivity contribution < 1.29 is 14.6 Å². The molecule has 6 heteroatoms. The van der Waals surface area contributed by atoms with Gasteiger partial charge in [0.15, 0.2) is 0 Å². The number of aliphatic hydroxyl groups excluding tert-OH is 1. The Kier molecular flexibility index (Phi) is 7.11. The molecule has 0 saturated carbocycles. The molecule has 21 heavy (non-hydrogen) atoms. The Bertz CT molecular complexity index is 449. The van der Waals surface area contributed by atoms with Gasteiger partial charge in [0, 0.05) is 18.1 Å². The van der Waals surface area contributed by atoms with E-state index in [0.29, 0.717) is 24.7 Å². The standard InChI is InChI=1S/C15H23ClN2O3/c1-15(2,14(17)20)10-18-7-13(19)9-21-8-11-3-5-12(16)6-4-11/h3-6,13,18-19H,7-10H2,1-2H3,(H2,17,20).